The first-order valence-corrected chi connectivity index (χ1v) is 7.72. The van der Waals surface area contributed by atoms with Crippen LogP contribution >= 0.6 is 0 Å². The fourth-order valence-corrected chi connectivity index (χ4v) is 1.87. The van der Waals surface area contributed by atoms with Crippen LogP contribution in [0.5, 0.6) is 0 Å². The predicted molar refractivity (Wildman–Crippen MR) is 79.0 cm³/mol. The first-order chi connectivity index (χ1) is 9.31. The van der Waals surface area contributed by atoms with Crippen LogP contribution in [0.2, 0.25) is 0 Å². The van der Waals surface area contributed by atoms with Crippen molar-refractivity contribution in [2.45, 2.75) is 71.1 Å². The molecule has 0 saturated carbocycles. The van der Waals surface area contributed by atoms with Gasteiger partial charge in [0.05, 0.1) is 6.61 Å². The van der Waals surface area contributed by atoms with Crippen molar-refractivity contribution in [3.05, 3.63) is 12.2 Å². The minimum absolute atomic E-state index is 0.421. The quantitative estimate of drug-likeness (QED) is 0.312. The van der Waals surface area contributed by atoms with E-state index >= 15 is 0 Å². The van der Waals surface area contributed by atoms with Gasteiger partial charge < -0.3 is 9.84 Å². The Hall–Kier alpha value is -0.830. The van der Waals surface area contributed by atoms with Crippen LogP contribution in [0.25, 0.3) is 0 Å². The molecule has 0 radical (unpaired) electrons. The second-order valence-corrected chi connectivity index (χ2v) is 4.90. The molecule has 0 amide bonds. The highest BCUT2D eigenvalue weighted by Gasteiger charge is 1.97. The number of carbonyl (C=O) groups is 1. The molecular formula is C16H30O3. The number of ether oxygens (including phenoxy) is 1. The molecule has 0 saturated heterocycles. The van der Waals surface area contributed by atoms with Gasteiger partial charge in [0.1, 0.15) is 6.61 Å². The van der Waals surface area contributed by atoms with Crippen molar-refractivity contribution in [2.24, 2.45) is 0 Å². The summed E-state index contributed by atoms with van der Waals surface area (Å²) >= 11 is 0. The number of unbranched alkanes of at least 4 members (excludes halogenated alkanes) is 8. The molecule has 0 atom stereocenters. The molecule has 0 aromatic heterocycles. The molecule has 0 aromatic rings. The van der Waals surface area contributed by atoms with E-state index < -0.39 is 12.6 Å². The Labute approximate surface area is 118 Å². The fraction of sp³-hybridized carbons (Fsp3) is 0.812. The zero-order valence-corrected chi connectivity index (χ0v) is 12.4. The summed E-state index contributed by atoms with van der Waals surface area (Å²) < 4.78 is 4.77. The van der Waals surface area contributed by atoms with Crippen LogP contribution in [0.4, 0.5) is 0 Å². The van der Waals surface area contributed by atoms with Gasteiger partial charge in [-0.05, 0) is 32.1 Å². The fourth-order valence-electron chi connectivity index (χ4n) is 1.87. The average Bonchev–Trinajstić information content (AvgIpc) is 2.43. The van der Waals surface area contributed by atoms with E-state index in [1.807, 2.05) is 0 Å². The predicted octanol–water partition coefficient (Wildman–Crippen LogP) is 4.00. The Bertz CT molecular complexity index is 224. The minimum atomic E-state index is -0.529. The first-order valence-electron chi connectivity index (χ1n) is 7.72. The van der Waals surface area contributed by atoms with Crippen molar-refractivity contribution >= 4 is 5.97 Å². The number of hydrogen-bond donors (Lipinski definition) is 1. The summed E-state index contributed by atoms with van der Waals surface area (Å²) in [6, 6.07) is 0. The third-order valence-corrected chi connectivity index (χ3v) is 3.05. The standard InChI is InChI=1S/C16H30O3/c1-2-3-4-5-6-7-8-9-10-11-12-13-14-19-16(18)15-17/h9-10,17H,2-8,11-15H2,1H3/b10-9-. The van der Waals surface area contributed by atoms with Crippen molar-refractivity contribution in [3.63, 3.8) is 0 Å². The van der Waals surface area contributed by atoms with Crippen molar-refractivity contribution < 1.29 is 14.6 Å². The molecule has 0 aromatic carbocycles. The smallest absolute Gasteiger partial charge is 0.331 e. The van der Waals surface area contributed by atoms with Crippen LogP contribution in [0.1, 0.15) is 71.1 Å². The highest BCUT2D eigenvalue weighted by Crippen LogP contribution is 2.07. The molecule has 0 rings (SSSR count). The van der Waals surface area contributed by atoms with Crippen LogP contribution in [-0.4, -0.2) is 24.3 Å². The summed E-state index contributed by atoms with van der Waals surface area (Å²) in [6.07, 6.45) is 16.7. The van der Waals surface area contributed by atoms with E-state index in [0.29, 0.717) is 6.61 Å². The van der Waals surface area contributed by atoms with Gasteiger partial charge >= 0.3 is 5.97 Å². The summed E-state index contributed by atoms with van der Waals surface area (Å²) in [7, 11) is 0. The van der Waals surface area contributed by atoms with Gasteiger partial charge in [0, 0.05) is 0 Å². The number of aliphatic hydroxyl groups is 1. The summed E-state index contributed by atoms with van der Waals surface area (Å²) in [5, 5.41) is 8.44. The highest BCUT2D eigenvalue weighted by molar-refractivity contribution is 5.70. The molecule has 19 heavy (non-hydrogen) atoms. The zero-order valence-electron chi connectivity index (χ0n) is 12.4. The van der Waals surface area contributed by atoms with Gasteiger partial charge in [-0.1, -0.05) is 51.2 Å². The molecule has 0 fully saturated rings. The number of carbonyl (C=O) groups excluding carboxylic acids is 1. The maximum Gasteiger partial charge on any atom is 0.331 e. The Morgan fingerprint density at radius 1 is 0.947 bits per heavy atom. The third kappa shape index (κ3) is 15.1. The second kappa shape index (κ2) is 15.2. The maximum absolute atomic E-state index is 10.6. The lowest BCUT2D eigenvalue weighted by molar-refractivity contribution is -0.146. The van der Waals surface area contributed by atoms with Gasteiger partial charge in [0.15, 0.2) is 0 Å². The van der Waals surface area contributed by atoms with E-state index in [9.17, 15) is 4.79 Å². The van der Waals surface area contributed by atoms with Crippen molar-refractivity contribution in [1.29, 1.82) is 0 Å². The number of allylic oxidation sites excluding steroid dienone is 2. The van der Waals surface area contributed by atoms with E-state index in [4.69, 9.17) is 9.84 Å². The number of hydrogen-bond acceptors (Lipinski definition) is 3. The van der Waals surface area contributed by atoms with Gasteiger partial charge in [-0.3, -0.25) is 0 Å². The minimum Gasteiger partial charge on any atom is -0.464 e. The van der Waals surface area contributed by atoms with Crippen LogP contribution in [0, 0.1) is 0 Å². The molecule has 3 nitrogen and oxygen atoms in total. The molecule has 112 valence electrons. The first kappa shape index (κ1) is 18.2. The lowest BCUT2D eigenvalue weighted by Gasteiger charge is -2.01. The monoisotopic (exact) mass is 270 g/mol. The Morgan fingerprint density at radius 3 is 2.16 bits per heavy atom. The third-order valence-electron chi connectivity index (χ3n) is 3.05. The van der Waals surface area contributed by atoms with Crippen molar-refractivity contribution in [3.8, 4) is 0 Å². The summed E-state index contributed by atoms with van der Waals surface area (Å²) in [6.45, 7) is 2.15. The number of rotatable bonds is 13. The van der Waals surface area contributed by atoms with Crippen molar-refractivity contribution in [2.75, 3.05) is 13.2 Å². The molecule has 0 bridgehead atoms. The Morgan fingerprint density at radius 2 is 1.53 bits per heavy atom. The van der Waals surface area contributed by atoms with Gasteiger partial charge in [0.2, 0.25) is 0 Å². The summed E-state index contributed by atoms with van der Waals surface area (Å²) in [4.78, 5) is 10.6. The Balaban J connectivity index is 3.11. The van der Waals surface area contributed by atoms with Gasteiger partial charge in [-0.15, -0.1) is 0 Å². The molecule has 0 heterocycles. The Kier molecular flexibility index (Phi) is 14.6. The number of aliphatic hydroxyl groups excluding tert-OH is 1. The van der Waals surface area contributed by atoms with Crippen LogP contribution in [-0.2, 0) is 9.53 Å². The van der Waals surface area contributed by atoms with E-state index in [0.717, 1.165) is 19.3 Å². The maximum atomic E-state index is 10.6. The van der Waals surface area contributed by atoms with Gasteiger partial charge in [0.25, 0.3) is 0 Å². The normalized spacial score (nSPS) is 11.1. The average molecular weight is 270 g/mol. The summed E-state index contributed by atoms with van der Waals surface area (Å²) in [5.74, 6) is -0.529. The topological polar surface area (TPSA) is 46.5 Å². The SMILES string of the molecule is CCCCCCCC/C=C\CCCCOC(=O)CO. The molecule has 0 aliphatic rings. The van der Waals surface area contributed by atoms with Crippen LogP contribution < -0.4 is 0 Å². The molecule has 3 heteroatoms. The largest absolute Gasteiger partial charge is 0.464 e. The summed E-state index contributed by atoms with van der Waals surface area (Å²) in [5.41, 5.74) is 0. The van der Waals surface area contributed by atoms with E-state index in [-0.39, 0.29) is 0 Å². The van der Waals surface area contributed by atoms with Crippen LogP contribution in [0.15, 0.2) is 12.2 Å². The number of esters is 1. The van der Waals surface area contributed by atoms with Gasteiger partial charge in [-0.25, -0.2) is 4.79 Å². The molecular weight excluding hydrogens is 240 g/mol. The molecule has 1 N–H and O–H groups in total. The zero-order chi connectivity index (χ0) is 14.2. The van der Waals surface area contributed by atoms with Gasteiger partial charge in [-0.2, -0.15) is 0 Å². The lowest BCUT2D eigenvalue weighted by Crippen LogP contribution is -2.09. The van der Waals surface area contributed by atoms with Crippen LogP contribution in [0.3, 0.4) is 0 Å². The molecule has 0 aliphatic heterocycles. The van der Waals surface area contributed by atoms with E-state index in [1.165, 1.54) is 44.9 Å². The van der Waals surface area contributed by atoms with Crippen molar-refractivity contribution in [1.82, 2.24) is 0 Å². The molecule has 0 spiro atoms. The molecule has 0 unspecified atom stereocenters. The lowest BCUT2D eigenvalue weighted by atomic mass is 10.1. The second-order valence-electron chi connectivity index (χ2n) is 4.90. The molecule has 0 aliphatic carbocycles. The van der Waals surface area contributed by atoms with E-state index in [1.54, 1.807) is 0 Å². The van der Waals surface area contributed by atoms with E-state index in [2.05, 4.69) is 19.1 Å². The highest BCUT2D eigenvalue weighted by atomic mass is 16.5.